The molecule has 5 rings (SSSR count). The van der Waals surface area contributed by atoms with Gasteiger partial charge in [-0.3, -0.25) is 0 Å². The van der Waals surface area contributed by atoms with Crippen molar-refractivity contribution in [3.63, 3.8) is 0 Å². The lowest BCUT2D eigenvalue weighted by Crippen LogP contribution is -1.97. The van der Waals surface area contributed by atoms with Gasteiger partial charge >= 0.3 is 6.43 Å². The molecule has 0 aliphatic rings. The van der Waals surface area contributed by atoms with Crippen molar-refractivity contribution in [1.29, 1.82) is 0 Å². The SMILES string of the molecule is FC(F)c1nnc(-c2cnc(Nc3cc(-c4ccccc4)c4nc[nH]c4c3)nc2)o1. The molecular weight excluding hydrogens is 392 g/mol. The van der Waals surface area contributed by atoms with Gasteiger partial charge < -0.3 is 14.7 Å². The van der Waals surface area contributed by atoms with Gasteiger partial charge in [-0.25, -0.2) is 15.0 Å². The van der Waals surface area contributed by atoms with Gasteiger partial charge in [-0.15, -0.1) is 10.2 Å². The van der Waals surface area contributed by atoms with Gasteiger partial charge in [0.25, 0.3) is 11.8 Å². The fourth-order valence-electron chi connectivity index (χ4n) is 3.03. The van der Waals surface area contributed by atoms with Crippen LogP contribution in [0.4, 0.5) is 20.4 Å². The Morgan fingerprint density at radius 1 is 0.933 bits per heavy atom. The van der Waals surface area contributed by atoms with Crippen LogP contribution in [0.3, 0.4) is 0 Å². The first-order valence-electron chi connectivity index (χ1n) is 8.91. The Kier molecular flexibility index (Phi) is 4.36. The number of aromatic nitrogens is 6. The lowest BCUT2D eigenvalue weighted by Gasteiger charge is -2.09. The first-order valence-corrected chi connectivity index (χ1v) is 8.91. The number of nitrogens with zero attached hydrogens (tertiary/aromatic N) is 5. The number of fused-ring (bicyclic) bond motifs is 1. The number of H-pyrrole nitrogens is 1. The fraction of sp³-hybridized carbons (Fsp3) is 0.0500. The molecule has 0 spiro atoms. The number of aromatic amines is 1. The highest BCUT2D eigenvalue weighted by Crippen LogP contribution is 2.31. The van der Waals surface area contributed by atoms with Crippen molar-refractivity contribution in [3.05, 3.63) is 67.1 Å². The van der Waals surface area contributed by atoms with Gasteiger partial charge in [0.2, 0.25) is 5.95 Å². The van der Waals surface area contributed by atoms with Crippen LogP contribution in [-0.4, -0.2) is 30.1 Å². The van der Waals surface area contributed by atoms with Crippen molar-refractivity contribution in [2.75, 3.05) is 5.32 Å². The molecule has 0 saturated heterocycles. The van der Waals surface area contributed by atoms with E-state index in [2.05, 4.69) is 35.5 Å². The van der Waals surface area contributed by atoms with Gasteiger partial charge in [0.1, 0.15) is 0 Å². The van der Waals surface area contributed by atoms with E-state index in [1.807, 2.05) is 42.5 Å². The summed E-state index contributed by atoms with van der Waals surface area (Å²) in [7, 11) is 0. The number of alkyl halides is 2. The maximum atomic E-state index is 12.6. The predicted octanol–water partition coefficient (Wildman–Crippen LogP) is 4.75. The summed E-state index contributed by atoms with van der Waals surface area (Å²) >= 11 is 0. The summed E-state index contributed by atoms with van der Waals surface area (Å²) in [5, 5.41) is 10.0. The molecule has 0 amide bonds. The van der Waals surface area contributed by atoms with Crippen molar-refractivity contribution in [3.8, 4) is 22.6 Å². The van der Waals surface area contributed by atoms with Gasteiger partial charge in [-0.2, -0.15) is 8.78 Å². The predicted molar refractivity (Wildman–Crippen MR) is 105 cm³/mol. The molecule has 2 aromatic carbocycles. The highest BCUT2D eigenvalue weighted by Gasteiger charge is 2.17. The van der Waals surface area contributed by atoms with Gasteiger partial charge in [-0.05, 0) is 17.7 Å². The van der Waals surface area contributed by atoms with E-state index in [1.54, 1.807) is 6.33 Å². The minimum absolute atomic E-state index is 0.0675. The number of halogens is 2. The quantitative estimate of drug-likeness (QED) is 0.435. The normalized spacial score (nSPS) is 11.3. The molecule has 0 unspecified atom stereocenters. The number of hydrogen-bond acceptors (Lipinski definition) is 7. The molecule has 0 saturated carbocycles. The standard InChI is InChI=1S/C20H13F2N7O/c21-17(22)19-29-28-18(30-19)12-8-23-20(24-9-12)27-13-6-14(11-4-2-1-3-5-11)16-15(7-13)25-10-26-16/h1-10,17H,(H,25,26)(H,23,24,27). The molecule has 0 bridgehead atoms. The Morgan fingerprint density at radius 3 is 2.47 bits per heavy atom. The number of imidazole rings is 1. The highest BCUT2D eigenvalue weighted by molar-refractivity contribution is 5.95. The summed E-state index contributed by atoms with van der Waals surface area (Å²) < 4.78 is 30.1. The molecule has 30 heavy (non-hydrogen) atoms. The second-order valence-corrected chi connectivity index (χ2v) is 6.36. The Balaban J connectivity index is 1.44. The average molecular weight is 405 g/mol. The van der Waals surface area contributed by atoms with E-state index in [-0.39, 0.29) is 5.89 Å². The van der Waals surface area contributed by atoms with Crippen molar-refractivity contribution < 1.29 is 13.2 Å². The first kappa shape index (κ1) is 17.9. The second kappa shape index (κ2) is 7.32. The summed E-state index contributed by atoms with van der Waals surface area (Å²) in [6.07, 6.45) is 1.66. The number of anilines is 2. The average Bonchev–Trinajstić information content (AvgIpc) is 3.44. The molecule has 8 nitrogen and oxygen atoms in total. The summed E-state index contributed by atoms with van der Waals surface area (Å²) in [6.45, 7) is 0. The molecule has 10 heteroatoms. The van der Waals surface area contributed by atoms with Crippen LogP contribution in [0, 0.1) is 0 Å². The molecule has 5 aromatic rings. The van der Waals surface area contributed by atoms with Crippen molar-refractivity contribution >= 4 is 22.7 Å². The number of hydrogen-bond donors (Lipinski definition) is 2. The fourth-order valence-corrected chi connectivity index (χ4v) is 3.03. The summed E-state index contributed by atoms with van der Waals surface area (Å²) in [5.74, 6) is -0.485. The van der Waals surface area contributed by atoms with Crippen LogP contribution >= 0.6 is 0 Å². The van der Waals surface area contributed by atoms with Gasteiger partial charge in [0.15, 0.2) is 0 Å². The molecule has 0 atom stereocenters. The van der Waals surface area contributed by atoms with Crippen LogP contribution in [0.25, 0.3) is 33.6 Å². The third-order valence-electron chi connectivity index (χ3n) is 4.39. The molecule has 0 aliphatic carbocycles. The zero-order chi connectivity index (χ0) is 20.5. The number of nitrogens with one attached hydrogen (secondary N) is 2. The molecule has 2 N–H and O–H groups in total. The lowest BCUT2D eigenvalue weighted by molar-refractivity contribution is 0.116. The van der Waals surface area contributed by atoms with Gasteiger partial charge in [0, 0.05) is 23.6 Å². The number of benzene rings is 2. The van der Waals surface area contributed by atoms with Crippen LogP contribution in [-0.2, 0) is 0 Å². The first-order chi connectivity index (χ1) is 14.7. The van der Waals surface area contributed by atoms with E-state index in [0.29, 0.717) is 11.5 Å². The molecule has 3 aromatic heterocycles. The maximum absolute atomic E-state index is 12.6. The van der Waals surface area contributed by atoms with E-state index >= 15 is 0 Å². The zero-order valence-electron chi connectivity index (χ0n) is 15.3. The Labute approximate surface area is 168 Å². The smallest absolute Gasteiger partial charge is 0.314 e. The van der Waals surface area contributed by atoms with Crippen LogP contribution in [0.5, 0.6) is 0 Å². The summed E-state index contributed by atoms with van der Waals surface area (Å²) in [6, 6.07) is 13.8. The second-order valence-electron chi connectivity index (χ2n) is 6.36. The van der Waals surface area contributed by atoms with E-state index in [4.69, 9.17) is 4.42 Å². The van der Waals surface area contributed by atoms with E-state index in [1.165, 1.54) is 12.4 Å². The maximum Gasteiger partial charge on any atom is 0.314 e. The molecule has 0 radical (unpaired) electrons. The molecule has 0 aliphatic heterocycles. The highest BCUT2D eigenvalue weighted by atomic mass is 19.3. The van der Waals surface area contributed by atoms with Crippen LogP contribution in [0.15, 0.2) is 65.6 Å². The monoisotopic (exact) mass is 405 g/mol. The van der Waals surface area contributed by atoms with E-state index < -0.39 is 12.3 Å². The molecule has 3 heterocycles. The minimum Gasteiger partial charge on any atom is -0.415 e. The van der Waals surface area contributed by atoms with Crippen molar-refractivity contribution in [2.45, 2.75) is 6.43 Å². The van der Waals surface area contributed by atoms with Crippen molar-refractivity contribution in [2.24, 2.45) is 0 Å². The third-order valence-corrected chi connectivity index (χ3v) is 4.39. The molecule has 148 valence electrons. The van der Waals surface area contributed by atoms with E-state index in [9.17, 15) is 8.78 Å². The lowest BCUT2D eigenvalue weighted by atomic mass is 10.0. The zero-order valence-corrected chi connectivity index (χ0v) is 15.3. The minimum atomic E-state index is -2.83. The van der Waals surface area contributed by atoms with Crippen LogP contribution in [0.2, 0.25) is 0 Å². The topological polar surface area (TPSA) is 105 Å². The Bertz CT molecular complexity index is 1300. The van der Waals surface area contributed by atoms with E-state index in [0.717, 1.165) is 27.8 Å². The Morgan fingerprint density at radius 2 is 1.73 bits per heavy atom. The Hall–Kier alpha value is -4.21. The summed E-state index contributed by atoms with van der Waals surface area (Å²) in [5.41, 5.74) is 4.81. The summed E-state index contributed by atoms with van der Waals surface area (Å²) in [4.78, 5) is 16.0. The molecular formula is C20H13F2N7O. The largest absolute Gasteiger partial charge is 0.415 e. The van der Waals surface area contributed by atoms with Crippen LogP contribution in [0.1, 0.15) is 12.3 Å². The van der Waals surface area contributed by atoms with Gasteiger partial charge in [-0.1, -0.05) is 30.3 Å². The van der Waals surface area contributed by atoms with Gasteiger partial charge in [0.05, 0.1) is 22.9 Å². The van der Waals surface area contributed by atoms with Crippen LogP contribution < -0.4 is 5.32 Å². The van der Waals surface area contributed by atoms with Crippen molar-refractivity contribution in [1.82, 2.24) is 30.1 Å². The molecule has 0 fully saturated rings. The number of rotatable bonds is 5. The third kappa shape index (κ3) is 3.34.